The van der Waals surface area contributed by atoms with E-state index >= 15 is 0 Å². The number of Topliss-reactive ketones (excluding diaryl/α,β-unsaturated/α-hetero) is 1. The van der Waals surface area contributed by atoms with E-state index in [4.69, 9.17) is 14.2 Å². The number of anilines is 1. The summed E-state index contributed by atoms with van der Waals surface area (Å²) in [6, 6.07) is 10.2. The van der Waals surface area contributed by atoms with Crippen molar-refractivity contribution in [1.29, 1.82) is 0 Å². The van der Waals surface area contributed by atoms with Crippen LogP contribution in [0.1, 0.15) is 37.3 Å². The van der Waals surface area contributed by atoms with Gasteiger partial charge in [0.05, 0.1) is 31.8 Å². The van der Waals surface area contributed by atoms with Crippen molar-refractivity contribution >= 4 is 17.5 Å². The molecular weight excluding hydrogens is 396 g/mol. The lowest BCUT2D eigenvalue weighted by atomic mass is 9.77. The monoisotopic (exact) mass is 420 g/mol. The zero-order chi connectivity index (χ0) is 21.5. The van der Waals surface area contributed by atoms with E-state index in [0.29, 0.717) is 22.9 Å². The number of amides is 1. The van der Waals surface area contributed by atoms with E-state index in [-0.39, 0.29) is 29.5 Å². The number of benzene rings is 1. The maximum Gasteiger partial charge on any atom is 0.295 e. The smallest absolute Gasteiger partial charge is 0.295 e. The van der Waals surface area contributed by atoms with Crippen LogP contribution < -0.4 is 14.4 Å². The second-order valence-corrected chi connectivity index (χ2v) is 8.03. The van der Waals surface area contributed by atoms with E-state index in [1.165, 1.54) is 0 Å². The van der Waals surface area contributed by atoms with E-state index in [1.807, 2.05) is 18.2 Å². The summed E-state index contributed by atoms with van der Waals surface area (Å²) in [5, 5.41) is 0. The molecule has 3 atom stereocenters. The molecule has 1 fully saturated rings. The highest BCUT2D eigenvalue weighted by Gasteiger charge is 2.52. The molecular formula is C24H24N2O5. The number of carbonyl (C=O) groups is 2. The molecule has 0 radical (unpaired) electrons. The number of nitrogens with zero attached hydrogens (tertiary/aromatic N) is 2. The Morgan fingerprint density at radius 3 is 2.58 bits per heavy atom. The van der Waals surface area contributed by atoms with Crippen LogP contribution in [0.15, 0.2) is 53.9 Å². The first-order chi connectivity index (χ1) is 15.1. The number of fused-ring (bicyclic) bond motifs is 1. The largest absolute Gasteiger partial charge is 0.493 e. The molecule has 1 saturated carbocycles. The normalized spacial score (nSPS) is 25.1. The molecule has 1 aliphatic carbocycles. The maximum absolute atomic E-state index is 13.6. The Kier molecular flexibility index (Phi) is 4.88. The van der Waals surface area contributed by atoms with Crippen molar-refractivity contribution in [3.8, 4) is 11.5 Å². The fraction of sp³-hybridized carbons (Fsp3) is 0.375. The van der Waals surface area contributed by atoms with Crippen molar-refractivity contribution in [2.75, 3.05) is 19.1 Å². The van der Waals surface area contributed by atoms with Gasteiger partial charge in [0.25, 0.3) is 5.91 Å². The molecule has 31 heavy (non-hydrogen) atoms. The average Bonchev–Trinajstić information content (AvgIpc) is 3.11. The summed E-state index contributed by atoms with van der Waals surface area (Å²) in [7, 11) is 3.13. The Balaban J connectivity index is 1.67. The first kappa shape index (κ1) is 19.6. The highest BCUT2D eigenvalue weighted by atomic mass is 16.5. The molecule has 2 aromatic rings. The SMILES string of the molecule is COc1ccc(C2C3=C(OC4CCCCC4C3=O)C(=O)N2c2ccccn2)cc1OC. The fourth-order valence-electron chi connectivity index (χ4n) is 4.92. The number of methoxy groups -OCH3 is 2. The van der Waals surface area contributed by atoms with E-state index in [2.05, 4.69) is 4.98 Å². The van der Waals surface area contributed by atoms with Gasteiger partial charge in [-0.1, -0.05) is 18.6 Å². The zero-order valence-electron chi connectivity index (χ0n) is 17.5. The Bertz CT molecular complexity index is 1060. The molecule has 2 aliphatic heterocycles. The van der Waals surface area contributed by atoms with E-state index in [1.54, 1.807) is 43.5 Å². The first-order valence-corrected chi connectivity index (χ1v) is 10.6. The lowest BCUT2D eigenvalue weighted by Gasteiger charge is -2.35. The number of pyridine rings is 1. The van der Waals surface area contributed by atoms with Crippen LogP contribution in [0.3, 0.4) is 0 Å². The van der Waals surface area contributed by atoms with Gasteiger partial charge in [-0.05, 0) is 49.1 Å². The third kappa shape index (κ3) is 3.07. The molecule has 1 aromatic carbocycles. The molecule has 7 heteroatoms. The van der Waals surface area contributed by atoms with Crippen molar-refractivity contribution < 1.29 is 23.8 Å². The lowest BCUT2D eigenvalue weighted by Crippen LogP contribution is -2.39. The van der Waals surface area contributed by atoms with Gasteiger partial charge in [0, 0.05) is 6.20 Å². The minimum absolute atomic E-state index is 0.0116. The number of rotatable bonds is 4. The highest BCUT2D eigenvalue weighted by molar-refractivity contribution is 6.17. The van der Waals surface area contributed by atoms with E-state index < -0.39 is 6.04 Å². The van der Waals surface area contributed by atoms with Gasteiger partial charge >= 0.3 is 0 Å². The highest BCUT2D eigenvalue weighted by Crippen LogP contribution is 2.48. The zero-order valence-corrected chi connectivity index (χ0v) is 17.5. The van der Waals surface area contributed by atoms with Gasteiger partial charge in [-0.15, -0.1) is 0 Å². The Morgan fingerprint density at radius 2 is 1.84 bits per heavy atom. The Labute approximate surface area is 180 Å². The fourth-order valence-corrected chi connectivity index (χ4v) is 4.92. The minimum Gasteiger partial charge on any atom is -0.493 e. The number of carbonyl (C=O) groups excluding carboxylic acids is 2. The number of hydrogen-bond acceptors (Lipinski definition) is 6. The van der Waals surface area contributed by atoms with Crippen LogP contribution in [0.4, 0.5) is 5.82 Å². The molecule has 7 nitrogen and oxygen atoms in total. The van der Waals surface area contributed by atoms with Crippen LogP contribution in [-0.2, 0) is 14.3 Å². The summed E-state index contributed by atoms with van der Waals surface area (Å²) in [5.41, 5.74) is 1.17. The molecule has 3 unspecified atom stereocenters. The summed E-state index contributed by atoms with van der Waals surface area (Å²) in [4.78, 5) is 33.1. The first-order valence-electron chi connectivity index (χ1n) is 10.6. The summed E-state index contributed by atoms with van der Waals surface area (Å²) in [6.07, 6.45) is 5.00. The van der Waals surface area contributed by atoms with Gasteiger partial charge in [-0.25, -0.2) is 4.98 Å². The van der Waals surface area contributed by atoms with Crippen LogP contribution in [0.2, 0.25) is 0 Å². The van der Waals surface area contributed by atoms with Gasteiger partial charge in [-0.3, -0.25) is 14.5 Å². The van der Waals surface area contributed by atoms with Gasteiger partial charge in [-0.2, -0.15) is 0 Å². The van der Waals surface area contributed by atoms with Crippen LogP contribution in [0, 0.1) is 5.92 Å². The van der Waals surface area contributed by atoms with Gasteiger partial charge < -0.3 is 14.2 Å². The van der Waals surface area contributed by atoms with Crippen LogP contribution in [0.5, 0.6) is 11.5 Å². The number of ether oxygens (including phenoxy) is 3. The van der Waals surface area contributed by atoms with Gasteiger partial charge in [0.2, 0.25) is 0 Å². The van der Waals surface area contributed by atoms with Crippen LogP contribution in [-0.4, -0.2) is 37.0 Å². The second kappa shape index (κ2) is 7.72. The predicted octanol–water partition coefficient (Wildman–Crippen LogP) is 3.60. The summed E-state index contributed by atoms with van der Waals surface area (Å²) in [6.45, 7) is 0. The van der Waals surface area contributed by atoms with Crippen molar-refractivity contribution in [3.05, 3.63) is 59.5 Å². The summed E-state index contributed by atoms with van der Waals surface area (Å²) < 4.78 is 17.0. The molecule has 3 aliphatic rings. The summed E-state index contributed by atoms with van der Waals surface area (Å²) >= 11 is 0. The third-order valence-electron chi connectivity index (χ3n) is 6.38. The quantitative estimate of drug-likeness (QED) is 0.752. The van der Waals surface area contributed by atoms with Gasteiger partial charge in [0.1, 0.15) is 11.9 Å². The van der Waals surface area contributed by atoms with Gasteiger partial charge in [0.15, 0.2) is 23.0 Å². The Morgan fingerprint density at radius 1 is 1.03 bits per heavy atom. The van der Waals surface area contributed by atoms with Crippen molar-refractivity contribution in [1.82, 2.24) is 4.98 Å². The topological polar surface area (TPSA) is 78.0 Å². The molecule has 0 bridgehead atoms. The molecule has 5 rings (SSSR count). The van der Waals surface area contributed by atoms with Crippen molar-refractivity contribution in [3.63, 3.8) is 0 Å². The number of hydrogen-bond donors (Lipinski definition) is 0. The van der Waals surface area contributed by atoms with Crippen LogP contribution >= 0.6 is 0 Å². The maximum atomic E-state index is 13.6. The van der Waals surface area contributed by atoms with E-state index in [0.717, 1.165) is 31.2 Å². The molecule has 0 spiro atoms. The number of aromatic nitrogens is 1. The second-order valence-electron chi connectivity index (χ2n) is 8.03. The molecule has 0 saturated heterocycles. The average molecular weight is 420 g/mol. The molecule has 1 aromatic heterocycles. The van der Waals surface area contributed by atoms with E-state index in [9.17, 15) is 9.59 Å². The van der Waals surface area contributed by atoms with Crippen LogP contribution in [0.25, 0.3) is 0 Å². The standard InChI is InChI=1S/C24H24N2O5/c1-29-17-11-10-14(13-18(17)30-2)21-20-22(27)15-7-3-4-8-16(15)31-23(20)24(28)26(21)19-9-5-6-12-25-19/h5-6,9-13,15-16,21H,3-4,7-8H2,1-2H3. The predicted molar refractivity (Wildman–Crippen MR) is 113 cm³/mol. The minimum atomic E-state index is -0.632. The molecule has 3 heterocycles. The Hall–Kier alpha value is -3.35. The molecule has 1 amide bonds. The molecule has 160 valence electrons. The lowest BCUT2D eigenvalue weighted by molar-refractivity contribution is -0.131. The van der Waals surface area contributed by atoms with Crippen molar-refractivity contribution in [2.45, 2.75) is 37.8 Å². The van der Waals surface area contributed by atoms with Crippen molar-refractivity contribution in [2.24, 2.45) is 5.92 Å². The number of ketones is 1. The molecule has 0 N–H and O–H groups in total. The summed E-state index contributed by atoms with van der Waals surface area (Å²) in [5.74, 6) is 1.23. The third-order valence-corrected chi connectivity index (χ3v) is 6.38.